The summed E-state index contributed by atoms with van der Waals surface area (Å²) in [6.07, 6.45) is 0. The van der Waals surface area contributed by atoms with Gasteiger partial charge in [0.25, 0.3) is 0 Å². The zero-order valence-corrected chi connectivity index (χ0v) is 7.33. The highest BCUT2D eigenvalue weighted by Crippen LogP contribution is 2.30. The summed E-state index contributed by atoms with van der Waals surface area (Å²) in [5.74, 6) is -0.453. The number of carbonyl (C=O) groups excluding carboxylic acids is 1. The summed E-state index contributed by atoms with van der Waals surface area (Å²) in [5, 5.41) is 1.57. The predicted octanol–water partition coefficient (Wildman–Crippen LogP) is 1.77. The van der Waals surface area contributed by atoms with Crippen molar-refractivity contribution in [2.45, 2.75) is 0 Å². The van der Waals surface area contributed by atoms with Crippen LogP contribution in [0.4, 0.5) is 5.69 Å². The molecule has 0 radical (unpaired) electrons. The van der Waals surface area contributed by atoms with E-state index in [1.54, 1.807) is 5.38 Å². The number of hydrogen-bond donors (Lipinski definition) is 1. The molecule has 0 aliphatic rings. The summed E-state index contributed by atoms with van der Waals surface area (Å²) >= 11 is 6.83. The Morgan fingerprint density at radius 2 is 2.45 bits per heavy atom. The molecular weight excluding hydrogens is 186 g/mol. The van der Waals surface area contributed by atoms with E-state index in [9.17, 15) is 4.79 Å². The number of esters is 1. The minimum atomic E-state index is -0.453. The number of ether oxygens (including phenoxy) is 1. The second-order valence-corrected chi connectivity index (χ2v) is 3.31. The van der Waals surface area contributed by atoms with Gasteiger partial charge in [-0.05, 0) is 0 Å². The average Bonchev–Trinajstić information content (AvgIpc) is 2.32. The maximum absolute atomic E-state index is 10.9. The standard InChI is InChI=1S/C6H6ClNO2S/c1-10-6(9)3-2-11-5(7)4(3)8/h2H,8H2,1H3. The Hall–Kier alpha value is -0.740. The Bertz CT molecular complexity index is 284. The van der Waals surface area contributed by atoms with Gasteiger partial charge in [-0.25, -0.2) is 4.79 Å². The SMILES string of the molecule is COC(=O)c1csc(Cl)c1N. The van der Waals surface area contributed by atoms with Crippen molar-refractivity contribution >= 4 is 34.6 Å². The maximum atomic E-state index is 10.9. The normalized spacial score (nSPS) is 9.64. The number of thiophene rings is 1. The lowest BCUT2D eigenvalue weighted by Crippen LogP contribution is -2.02. The topological polar surface area (TPSA) is 52.3 Å². The van der Waals surface area contributed by atoms with E-state index in [0.717, 1.165) is 0 Å². The molecule has 2 N–H and O–H groups in total. The van der Waals surface area contributed by atoms with E-state index in [2.05, 4.69) is 4.74 Å². The summed E-state index contributed by atoms with van der Waals surface area (Å²) in [5.41, 5.74) is 6.09. The fourth-order valence-electron chi connectivity index (χ4n) is 0.612. The van der Waals surface area contributed by atoms with Crippen molar-refractivity contribution in [3.05, 3.63) is 15.3 Å². The van der Waals surface area contributed by atoms with Gasteiger partial charge >= 0.3 is 5.97 Å². The highest BCUT2D eigenvalue weighted by atomic mass is 35.5. The van der Waals surface area contributed by atoms with Crippen LogP contribution in [-0.4, -0.2) is 13.1 Å². The third-order valence-electron chi connectivity index (χ3n) is 1.19. The zero-order valence-electron chi connectivity index (χ0n) is 5.76. The van der Waals surface area contributed by atoms with Gasteiger partial charge in [0.2, 0.25) is 0 Å². The predicted molar refractivity (Wildman–Crippen MR) is 45.1 cm³/mol. The van der Waals surface area contributed by atoms with Crippen LogP contribution in [-0.2, 0) is 4.74 Å². The van der Waals surface area contributed by atoms with Crippen LogP contribution in [0.25, 0.3) is 0 Å². The van der Waals surface area contributed by atoms with Crippen LogP contribution in [0.3, 0.4) is 0 Å². The van der Waals surface area contributed by atoms with Gasteiger partial charge in [0.1, 0.15) is 4.34 Å². The van der Waals surface area contributed by atoms with E-state index in [-0.39, 0.29) is 0 Å². The van der Waals surface area contributed by atoms with Crippen LogP contribution in [0, 0.1) is 0 Å². The van der Waals surface area contributed by atoms with Crippen molar-refractivity contribution in [3.63, 3.8) is 0 Å². The lowest BCUT2D eigenvalue weighted by molar-refractivity contribution is 0.0602. The van der Waals surface area contributed by atoms with E-state index in [4.69, 9.17) is 17.3 Å². The van der Waals surface area contributed by atoms with Crippen molar-refractivity contribution < 1.29 is 9.53 Å². The highest BCUT2D eigenvalue weighted by Gasteiger charge is 2.13. The van der Waals surface area contributed by atoms with Crippen LogP contribution in [0.1, 0.15) is 10.4 Å². The molecule has 0 atom stereocenters. The number of carbonyl (C=O) groups is 1. The zero-order chi connectivity index (χ0) is 8.43. The van der Waals surface area contributed by atoms with Gasteiger partial charge in [-0.15, -0.1) is 11.3 Å². The second-order valence-electron chi connectivity index (χ2n) is 1.83. The number of rotatable bonds is 1. The molecule has 0 aliphatic heterocycles. The third-order valence-corrected chi connectivity index (χ3v) is 2.44. The molecule has 5 heteroatoms. The lowest BCUT2D eigenvalue weighted by Gasteiger charge is -1.95. The Morgan fingerprint density at radius 1 is 1.82 bits per heavy atom. The van der Waals surface area contributed by atoms with Gasteiger partial charge in [-0.1, -0.05) is 11.6 Å². The molecular formula is C6H6ClNO2S. The molecule has 0 saturated carbocycles. The first-order valence-electron chi connectivity index (χ1n) is 2.77. The summed E-state index contributed by atoms with van der Waals surface area (Å²) in [6, 6.07) is 0. The molecule has 1 rings (SSSR count). The van der Waals surface area contributed by atoms with Gasteiger partial charge < -0.3 is 10.5 Å². The third kappa shape index (κ3) is 1.46. The number of nitrogens with two attached hydrogens (primary N) is 1. The number of methoxy groups -OCH3 is 1. The van der Waals surface area contributed by atoms with Gasteiger partial charge in [0, 0.05) is 5.38 Å². The highest BCUT2D eigenvalue weighted by molar-refractivity contribution is 7.15. The molecule has 0 unspecified atom stereocenters. The lowest BCUT2D eigenvalue weighted by atomic mass is 10.3. The van der Waals surface area contributed by atoms with Crippen molar-refractivity contribution in [2.24, 2.45) is 0 Å². The van der Waals surface area contributed by atoms with E-state index in [0.29, 0.717) is 15.6 Å². The van der Waals surface area contributed by atoms with E-state index in [1.807, 2.05) is 0 Å². The van der Waals surface area contributed by atoms with Crippen molar-refractivity contribution in [1.29, 1.82) is 0 Å². The molecule has 60 valence electrons. The van der Waals surface area contributed by atoms with Crippen LogP contribution < -0.4 is 5.73 Å². The largest absolute Gasteiger partial charge is 0.465 e. The summed E-state index contributed by atoms with van der Waals surface area (Å²) < 4.78 is 4.88. The fraction of sp³-hybridized carbons (Fsp3) is 0.167. The molecule has 0 amide bonds. The van der Waals surface area contributed by atoms with Gasteiger partial charge in [0.05, 0.1) is 18.4 Å². The number of nitrogen functional groups attached to an aromatic ring is 1. The van der Waals surface area contributed by atoms with Crippen molar-refractivity contribution in [1.82, 2.24) is 0 Å². The van der Waals surface area contributed by atoms with Gasteiger partial charge in [-0.3, -0.25) is 0 Å². The van der Waals surface area contributed by atoms with Crippen molar-refractivity contribution in [3.8, 4) is 0 Å². The molecule has 1 heterocycles. The first-order valence-corrected chi connectivity index (χ1v) is 4.03. The molecule has 0 saturated heterocycles. The Balaban J connectivity index is 3.04. The quantitative estimate of drug-likeness (QED) is 0.689. The minimum Gasteiger partial charge on any atom is -0.465 e. The average molecular weight is 192 g/mol. The number of anilines is 1. The van der Waals surface area contributed by atoms with E-state index >= 15 is 0 Å². The van der Waals surface area contributed by atoms with Gasteiger partial charge in [-0.2, -0.15) is 0 Å². The summed E-state index contributed by atoms with van der Waals surface area (Å²) in [4.78, 5) is 10.9. The molecule has 0 spiro atoms. The number of hydrogen-bond acceptors (Lipinski definition) is 4. The molecule has 1 aromatic heterocycles. The van der Waals surface area contributed by atoms with Gasteiger partial charge in [0.15, 0.2) is 0 Å². The molecule has 0 fully saturated rings. The second kappa shape index (κ2) is 3.11. The Kier molecular flexibility index (Phi) is 2.36. The molecule has 0 bridgehead atoms. The van der Waals surface area contributed by atoms with Crippen LogP contribution in [0.15, 0.2) is 5.38 Å². The Labute approximate surface area is 72.7 Å². The van der Waals surface area contributed by atoms with Crippen molar-refractivity contribution in [2.75, 3.05) is 12.8 Å². The fourth-order valence-corrected chi connectivity index (χ4v) is 1.53. The minimum absolute atomic E-state index is 0.295. The molecule has 11 heavy (non-hydrogen) atoms. The smallest absolute Gasteiger partial charge is 0.340 e. The molecule has 0 aliphatic carbocycles. The van der Waals surface area contributed by atoms with E-state index < -0.39 is 5.97 Å². The molecule has 1 aromatic rings. The molecule has 3 nitrogen and oxygen atoms in total. The molecule has 0 aromatic carbocycles. The van der Waals surface area contributed by atoms with Crippen LogP contribution >= 0.6 is 22.9 Å². The maximum Gasteiger partial charge on any atom is 0.340 e. The summed E-state index contributed by atoms with van der Waals surface area (Å²) in [6.45, 7) is 0. The van der Waals surface area contributed by atoms with E-state index in [1.165, 1.54) is 18.4 Å². The first kappa shape index (κ1) is 8.36. The van der Waals surface area contributed by atoms with Crippen LogP contribution in [0.2, 0.25) is 4.34 Å². The first-order chi connectivity index (χ1) is 5.16. The monoisotopic (exact) mass is 191 g/mol. The number of halogens is 1. The van der Waals surface area contributed by atoms with Crippen LogP contribution in [0.5, 0.6) is 0 Å². The summed E-state index contributed by atoms with van der Waals surface area (Å²) in [7, 11) is 1.30. The Morgan fingerprint density at radius 3 is 2.82 bits per heavy atom.